The Morgan fingerprint density at radius 1 is 1.16 bits per heavy atom. The first-order valence-electron chi connectivity index (χ1n) is 9.28. The normalized spacial score (nSPS) is 20.9. The van der Waals surface area contributed by atoms with E-state index in [-0.39, 0.29) is 5.91 Å². The van der Waals surface area contributed by atoms with Gasteiger partial charge >= 0.3 is 0 Å². The number of carbonyl (C=O) groups excluding carboxylic acids is 1. The quantitative estimate of drug-likeness (QED) is 0.929. The summed E-state index contributed by atoms with van der Waals surface area (Å²) < 4.78 is 0. The van der Waals surface area contributed by atoms with Gasteiger partial charge in [0.2, 0.25) is 0 Å². The molecule has 25 heavy (non-hydrogen) atoms. The van der Waals surface area contributed by atoms with Crippen molar-refractivity contribution in [3.8, 4) is 0 Å². The molecule has 1 N–H and O–H groups in total. The van der Waals surface area contributed by atoms with Crippen molar-refractivity contribution in [1.82, 2.24) is 20.1 Å². The van der Waals surface area contributed by atoms with Gasteiger partial charge in [0.1, 0.15) is 5.82 Å². The van der Waals surface area contributed by atoms with E-state index in [1.807, 2.05) is 23.1 Å². The molecule has 132 valence electrons. The van der Waals surface area contributed by atoms with Crippen molar-refractivity contribution < 1.29 is 4.79 Å². The Kier molecular flexibility index (Phi) is 4.68. The van der Waals surface area contributed by atoms with Crippen LogP contribution in [0.15, 0.2) is 30.6 Å². The van der Waals surface area contributed by atoms with Crippen LogP contribution in [-0.4, -0.2) is 52.2 Å². The van der Waals surface area contributed by atoms with Crippen molar-refractivity contribution >= 4 is 11.7 Å². The lowest BCUT2D eigenvalue weighted by Gasteiger charge is -2.33. The second-order valence-corrected chi connectivity index (χ2v) is 7.14. The fourth-order valence-electron chi connectivity index (χ4n) is 3.98. The number of piperidine rings is 1. The fraction of sp³-hybridized carbons (Fsp3) is 0.526. The molecule has 0 bridgehead atoms. The van der Waals surface area contributed by atoms with E-state index in [4.69, 9.17) is 0 Å². The summed E-state index contributed by atoms with van der Waals surface area (Å²) in [4.78, 5) is 21.7. The lowest BCUT2D eigenvalue weighted by Crippen LogP contribution is -2.40. The first-order chi connectivity index (χ1) is 12.3. The number of hydrogen-bond donors (Lipinski definition) is 1. The first-order valence-corrected chi connectivity index (χ1v) is 9.28. The zero-order chi connectivity index (χ0) is 17.1. The van der Waals surface area contributed by atoms with Crippen molar-refractivity contribution in [2.24, 2.45) is 5.92 Å². The van der Waals surface area contributed by atoms with Gasteiger partial charge in [0, 0.05) is 49.8 Å². The number of amides is 1. The maximum atomic E-state index is 13.0. The van der Waals surface area contributed by atoms with Crippen LogP contribution in [0.1, 0.15) is 41.7 Å². The van der Waals surface area contributed by atoms with Crippen molar-refractivity contribution in [2.75, 3.05) is 31.1 Å². The van der Waals surface area contributed by atoms with E-state index >= 15 is 0 Å². The van der Waals surface area contributed by atoms with Crippen LogP contribution in [0.25, 0.3) is 0 Å². The molecule has 0 unspecified atom stereocenters. The van der Waals surface area contributed by atoms with E-state index in [1.165, 1.54) is 12.8 Å². The maximum absolute atomic E-state index is 13.0. The van der Waals surface area contributed by atoms with Gasteiger partial charge in [0.05, 0.1) is 0 Å². The summed E-state index contributed by atoms with van der Waals surface area (Å²) in [7, 11) is 0. The summed E-state index contributed by atoms with van der Waals surface area (Å²) in [6, 6.07) is 5.83. The molecule has 2 aromatic rings. The van der Waals surface area contributed by atoms with E-state index < -0.39 is 0 Å². The zero-order valence-corrected chi connectivity index (χ0v) is 14.5. The molecule has 2 fully saturated rings. The Balaban J connectivity index is 1.43. The average molecular weight is 339 g/mol. The van der Waals surface area contributed by atoms with Gasteiger partial charge in [-0.15, -0.1) is 0 Å². The van der Waals surface area contributed by atoms with Gasteiger partial charge in [0.25, 0.3) is 5.91 Å². The molecular formula is C19H25N5O. The van der Waals surface area contributed by atoms with Crippen LogP contribution in [0.4, 0.5) is 5.82 Å². The summed E-state index contributed by atoms with van der Waals surface area (Å²) in [5.74, 6) is 1.57. The van der Waals surface area contributed by atoms with Crippen LogP contribution in [0.5, 0.6) is 0 Å². The highest BCUT2D eigenvalue weighted by atomic mass is 16.2. The number of aromatic amines is 1. The molecule has 4 rings (SSSR count). The molecule has 1 atom stereocenters. The van der Waals surface area contributed by atoms with Crippen LogP contribution in [0.3, 0.4) is 0 Å². The SMILES string of the molecule is O=C(c1ccnc(N2CCCC2)c1)N1CCC[C@H](Cc2ccn[nH]2)C1. The Morgan fingerprint density at radius 3 is 2.84 bits per heavy atom. The van der Waals surface area contributed by atoms with Crippen LogP contribution in [0, 0.1) is 5.92 Å². The van der Waals surface area contributed by atoms with Gasteiger partial charge in [-0.05, 0) is 56.2 Å². The van der Waals surface area contributed by atoms with Gasteiger partial charge in [-0.25, -0.2) is 4.98 Å². The van der Waals surface area contributed by atoms with Crippen molar-refractivity contribution in [3.05, 3.63) is 41.9 Å². The van der Waals surface area contributed by atoms with E-state index in [0.717, 1.165) is 62.5 Å². The zero-order valence-electron chi connectivity index (χ0n) is 14.5. The minimum absolute atomic E-state index is 0.136. The third kappa shape index (κ3) is 3.67. The van der Waals surface area contributed by atoms with Crippen molar-refractivity contribution in [3.63, 3.8) is 0 Å². The first kappa shape index (κ1) is 16.1. The second-order valence-electron chi connectivity index (χ2n) is 7.14. The van der Waals surface area contributed by atoms with E-state index in [0.29, 0.717) is 5.92 Å². The Hall–Kier alpha value is -2.37. The highest BCUT2D eigenvalue weighted by molar-refractivity contribution is 5.95. The summed E-state index contributed by atoms with van der Waals surface area (Å²) in [6.45, 7) is 3.75. The molecule has 0 spiro atoms. The van der Waals surface area contributed by atoms with Gasteiger partial charge in [-0.1, -0.05) is 0 Å². The van der Waals surface area contributed by atoms with Crippen LogP contribution in [0.2, 0.25) is 0 Å². The number of nitrogens with zero attached hydrogens (tertiary/aromatic N) is 4. The third-order valence-electron chi connectivity index (χ3n) is 5.30. The number of rotatable bonds is 4. The number of H-pyrrole nitrogens is 1. The number of carbonyl (C=O) groups is 1. The van der Waals surface area contributed by atoms with Gasteiger partial charge in [-0.2, -0.15) is 5.10 Å². The molecule has 0 aliphatic carbocycles. The topological polar surface area (TPSA) is 65.1 Å². The fourth-order valence-corrected chi connectivity index (χ4v) is 3.98. The number of nitrogens with one attached hydrogen (secondary N) is 1. The molecule has 2 aromatic heterocycles. The molecule has 1 amide bonds. The summed E-state index contributed by atoms with van der Waals surface area (Å²) in [5, 5.41) is 7.05. The predicted octanol–water partition coefficient (Wildman–Crippen LogP) is 2.50. The van der Waals surface area contributed by atoms with E-state index in [2.05, 4.69) is 20.1 Å². The van der Waals surface area contributed by atoms with Crippen LogP contribution < -0.4 is 4.90 Å². The molecule has 0 aromatic carbocycles. The molecular weight excluding hydrogens is 314 g/mol. The summed E-state index contributed by atoms with van der Waals surface area (Å²) >= 11 is 0. The Labute approximate surface area is 148 Å². The lowest BCUT2D eigenvalue weighted by molar-refractivity contribution is 0.0672. The Morgan fingerprint density at radius 2 is 2.04 bits per heavy atom. The minimum Gasteiger partial charge on any atom is -0.357 e. The third-order valence-corrected chi connectivity index (χ3v) is 5.30. The number of anilines is 1. The van der Waals surface area contributed by atoms with Gasteiger partial charge < -0.3 is 9.80 Å². The molecule has 0 radical (unpaired) electrons. The summed E-state index contributed by atoms with van der Waals surface area (Å²) in [6.07, 6.45) is 9.17. The largest absolute Gasteiger partial charge is 0.357 e. The van der Waals surface area contributed by atoms with Crippen LogP contribution in [-0.2, 0) is 6.42 Å². The minimum atomic E-state index is 0.136. The maximum Gasteiger partial charge on any atom is 0.254 e. The average Bonchev–Trinajstić information content (AvgIpc) is 3.35. The van der Waals surface area contributed by atoms with E-state index in [9.17, 15) is 4.79 Å². The second kappa shape index (κ2) is 7.25. The van der Waals surface area contributed by atoms with E-state index in [1.54, 1.807) is 12.4 Å². The molecule has 2 saturated heterocycles. The highest BCUT2D eigenvalue weighted by Gasteiger charge is 2.25. The molecule has 6 heteroatoms. The molecule has 4 heterocycles. The number of pyridine rings is 1. The standard InChI is InChI=1S/C19H25N5O/c25-19(16-5-7-20-18(13-16)23-9-1-2-10-23)24-11-3-4-15(14-24)12-17-6-8-21-22-17/h5-8,13,15H,1-4,9-12,14H2,(H,21,22)/t15-/m1/s1. The summed E-state index contributed by atoms with van der Waals surface area (Å²) in [5.41, 5.74) is 1.92. The Bertz CT molecular complexity index is 708. The molecule has 0 saturated carbocycles. The molecule has 2 aliphatic heterocycles. The number of hydrogen-bond acceptors (Lipinski definition) is 4. The van der Waals surface area contributed by atoms with Crippen molar-refractivity contribution in [1.29, 1.82) is 0 Å². The number of aromatic nitrogens is 3. The molecule has 6 nitrogen and oxygen atoms in total. The smallest absolute Gasteiger partial charge is 0.254 e. The molecule has 2 aliphatic rings. The highest BCUT2D eigenvalue weighted by Crippen LogP contribution is 2.23. The predicted molar refractivity (Wildman–Crippen MR) is 96.6 cm³/mol. The lowest BCUT2D eigenvalue weighted by atomic mass is 9.93. The van der Waals surface area contributed by atoms with Crippen molar-refractivity contribution in [2.45, 2.75) is 32.1 Å². The van der Waals surface area contributed by atoms with Crippen LogP contribution >= 0.6 is 0 Å². The monoisotopic (exact) mass is 339 g/mol. The number of likely N-dealkylation sites (tertiary alicyclic amines) is 1. The van der Waals surface area contributed by atoms with Gasteiger partial charge in [-0.3, -0.25) is 9.89 Å². The van der Waals surface area contributed by atoms with Gasteiger partial charge in [0.15, 0.2) is 0 Å².